The molecular weight excluding hydrogens is 280 g/mol. The summed E-state index contributed by atoms with van der Waals surface area (Å²) < 4.78 is 0. The molecule has 1 aromatic heterocycles. The van der Waals surface area contributed by atoms with Gasteiger partial charge in [-0.3, -0.25) is 4.79 Å². The van der Waals surface area contributed by atoms with Gasteiger partial charge in [0.15, 0.2) is 0 Å². The third-order valence-corrected chi connectivity index (χ3v) is 5.18. The Morgan fingerprint density at radius 3 is 2.71 bits per heavy atom. The zero-order valence-corrected chi connectivity index (χ0v) is 14.5. The second kappa shape index (κ2) is 6.93. The summed E-state index contributed by atoms with van der Waals surface area (Å²) in [5, 5.41) is 6.47. The van der Waals surface area contributed by atoms with Gasteiger partial charge >= 0.3 is 0 Å². The predicted octanol–water partition coefficient (Wildman–Crippen LogP) is 3.58. The molecule has 0 fully saturated rings. The summed E-state index contributed by atoms with van der Waals surface area (Å²) in [7, 11) is 0. The van der Waals surface area contributed by atoms with Crippen LogP contribution in [0.1, 0.15) is 68.3 Å². The monoisotopic (exact) mass is 308 g/mol. The minimum atomic E-state index is -0.143. The highest BCUT2D eigenvalue weighted by Gasteiger charge is 2.17. The van der Waals surface area contributed by atoms with E-state index in [1.807, 2.05) is 32.1 Å². The van der Waals surface area contributed by atoms with E-state index >= 15 is 0 Å². The quantitative estimate of drug-likeness (QED) is 0.873. The van der Waals surface area contributed by atoms with Crippen LogP contribution in [0.2, 0.25) is 0 Å². The minimum Gasteiger partial charge on any atom is -0.351 e. The number of thiophene rings is 1. The molecule has 0 aromatic carbocycles. The molecule has 0 spiro atoms. The summed E-state index contributed by atoms with van der Waals surface area (Å²) in [6.07, 6.45) is 5.69. The number of amides is 1. The topological polar surface area (TPSA) is 41.1 Å². The van der Waals surface area contributed by atoms with Crippen molar-refractivity contribution in [3.63, 3.8) is 0 Å². The molecule has 0 saturated heterocycles. The van der Waals surface area contributed by atoms with Gasteiger partial charge in [0.1, 0.15) is 0 Å². The molecule has 1 atom stereocenters. The van der Waals surface area contributed by atoms with Crippen molar-refractivity contribution in [2.24, 2.45) is 0 Å². The van der Waals surface area contributed by atoms with Crippen LogP contribution in [0.4, 0.5) is 0 Å². The molecule has 1 unspecified atom stereocenters. The van der Waals surface area contributed by atoms with E-state index in [-0.39, 0.29) is 11.4 Å². The number of fused-ring (bicyclic) bond motifs is 1. The van der Waals surface area contributed by atoms with Gasteiger partial charge in [-0.05, 0) is 65.0 Å². The van der Waals surface area contributed by atoms with Crippen molar-refractivity contribution in [2.45, 2.75) is 71.4 Å². The summed E-state index contributed by atoms with van der Waals surface area (Å²) in [6, 6.07) is 2.70. The summed E-state index contributed by atoms with van der Waals surface area (Å²) in [4.78, 5) is 14.8. The number of carbonyl (C=O) groups excluding carboxylic acids is 1. The largest absolute Gasteiger partial charge is 0.351 e. The normalized spacial score (nSPS) is 16.4. The van der Waals surface area contributed by atoms with Gasteiger partial charge in [-0.25, -0.2) is 0 Å². The Morgan fingerprint density at radius 1 is 1.33 bits per heavy atom. The molecule has 1 heterocycles. The zero-order valence-electron chi connectivity index (χ0n) is 13.7. The lowest BCUT2D eigenvalue weighted by Gasteiger charge is -2.21. The van der Waals surface area contributed by atoms with Gasteiger partial charge in [-0.15, -0.1) is 11.3 Å². The summed E-state index contributed by atoms with van der Waals surface area (Å²) in [5.74, 6) is 0.118. The van der Waals surface area contributed by atoms with Crippen LogP contribution in [0.3, 0.4) is 0 Å². The molecule has 0 aliphatic heterocycles. The van der Waals surface area contributed by atoms with Gasteiger partial charge in [-0.2, -0.15) is 0 Å². The molecule has 1 aliphatic carbocycles. The molecule has 0 radical (unpaired) electrons. The van der Waals surface area contributed by atoms with Crippen LogP contribution in [-0.4, -0.2) is 18.0 Å². The molecule has 1 aliphatic rings. The highest BCUT2D eigenvalue weighted by Crippen LogP contribution is 2.32. The van der Waals surface area contributed by atoms with Crippen LogP contribution in [0.5, 0.6) is 0 Å². The van der Waals surface area contributed by atoms with Gasteiger partial charge in [-0.1, -0.05) is 0 Å². The van der Waals surface area contributed by atoms with E-state index in [2.05, 4.69) is 23.6 Å². The van der Waals surface area contributed by atoms with E-state index in [0.717, 1.165) is 6.54 Å². The average molecular weight is 308 g/mol. The highest BCUT2D eigenvalue weighted by atomic mass is 32.1. The van der Waals surface area contributed by atoms with Crippen molar-refractivity contribution in [1.82, 2.24) is 10.6 Å². The molecule has 0 saturated carbocycles. The van der Waals surface area contributed by atoms with Crippen LogP contribution >= 0.6 is 11.3 Å². The third kappa shape index (κ3) is 5.11. The first-order valence-corrected chi connectivity index (χ1v) is 8.83. The molecule has 2 N–H and O–H groups in total. The summed E-state index contributed by atoms with van der Waals surface area (Å²) in [5.41, 5.74) is 1.41. The van der Waals surface area contributed by atoms with E-state index in [9.17, 15) is 4.79 Å². The molecule has 3 nitrogen and oxygen atoms in total. The SMILES string of the molecule is CC(NCCC(=O)NC(C)(C)C)c1cc2c(s1)CCCC2. The number of hydrogen-bond donors (Lipinski definition) is 2. The molecule has 4 heteroatoms. The Hall–Kier alpha value is -0.870. The maximum absolute atomic E-state index is 11.8. The van der Waals surface area contributed by atoms with Crippen molar-refractivity contribution in [3.05, 3.63) is 21.4 Å². The number of carbonyl (C=O) groups is 1. The van der Waals surface area contributed by atoms with Gasteiger partial charge in [0, 0.05) is 34.3 Å². The van der Waals surface area contributed by atoms with Crippen LogP contribution in [0.15, 0.2) is 6.07 Å². The lowest BCUT2D eigenvalue weighted by Crippen LogP contribution is -2.41. The smallest absolute Gasteiger partial charge is 0.221 e. The zero-order chi connectivity index (χ0) is 15.5. The van der Waals surface area contributed by atoms with Gasteiger partial charge < -0.3 is 10.6 Å². The number of rotatable bonds is 5. The molecule has 1 amide bonds. The van der Waals surface area contributed by atoms with Crippen molar-refractivity contribution in [1.29, 1.82) is 0 Å². The van der Waals surface area contributed by atoms with E-state index < -0.39 is 0 Å². The van der Waals surface area contributed by atoms with Crippen LogP contribution < -0.4 is 10.6 Å². The maximum Gasteiger partial charge on any atom is 0.221 e. The van der Waals surface area contributed by atoms with Crippen LogP contribution in [-0.2, 0) is 17.6 Å². The third-order valence-electron chi connectivity index (χ3n) is 3.76. The fourth-order valence-electron chi connectivity index (χ4n) is 2.71. The van der Waals surface area contributed by atoms with Crippen molar-refractivity contribution in [2.75, 3.05) is 6.54 Å². The first-order chi connectivity index (χ1) is 9.85. The maximum atomic E-state index is 11.8. The second-order valence-electron chi connectivity index (χ2n) is 7.03. The minimum absolute atomic E-state index is 0.118. The fourth-order valence-corrected chi connectivity index (χ4v) is 3.99. The Kier molecular flexibility index (Phi) is 5.44. The Morgan fingerprint density at radius 2 is 2.05 bits per heavy atom. The van der Waals surface area contributed by atoms with E-state index in [1.165, 1.54) is 30.6 Å². The van der Waals surface area contributed by atoms with Crippen LogP contribution in [0.25, 0.3) is 0 Å². The predicted molar refractivity (Wildman–Crippen MR) is 89.9 cm³/mol. The average Bonchev–Trinajstić information content (AvgIpc) is 2.80. The Balaban J connectivity index is 1.78. The Labute approximate surface area is 132 Å². The lowest BCUT2D eigenvalue weighted by atomic mass is 9.99. The summed E-state index contributed by atoms with van der Waals surface area (Å²) in [6.45, 7) is 8.95. The molecule has 21 heavy (non-hydrogen) atoms. The van der Waals surface area contributed by atoms with Gasteiger partial charge in [0.2, 0.25) is 5.91 Å². The van der Waals surface area contributed by atoms with E-state index in [4.69, 9.17) is 0 Å². The molecule has 0 bridgehead atoms. The fraction of sp³-hybridized carbons (Fsp3) is 0.706. The second-order valence-corrected chi connectivity index (χ2v) is 8.20. The number of nitrogens with one attached hydrogen (secondary N) is 2. The highest BCUT2D eigenvalue weighted by molar-refractivity contribution is 7.12. The lowest BCUT2D eigenvalue weighted by molar-refractivity contribution is -0.122. The Bertz CT molecular complexity index is 464. The molecular formula is C17H28N2OS. The number of hydrogen-bond acceptors (Lipinski definition) is 3. The van der Waals surface area contributed by atoms with Crippen molar-refractivity contribution in [3.8, 4) is 0 Å². The van der Waals surface area contributed by atoms with Crippen molar-refractivity contribution < 1.29 is 4.79 Å². The molecule has 118 valence electrons. The standard InChI is InChI=1S/C17H28N2OS/c1-12(18-10-9-16(20)19-17(2,3)4)15-11-13-7-5-6-8-14(13)21-15/h11-12,18H,5-10H2,1-4H3,(H,19,20). The van der Waals surface area contributed by atoms with Gasteiger partial charge in [0.25, 0.3) is 0 Å². The van der Waals surface area contributed by atoms with Gasteiger partial charge in [0.05, 0.1) is 0 Å². The summed E-state index contributed by atoms with van der Waals surface area (Å²) >= 11 is 1.95. The van der Waals surface area contributed by atoms with Crippen molar-refractivity contribution >= 4 is 17.2 Å². The molecule has 2 rings (SSSR count). The first-order valence-electron chi connectivity index (χ1n) is 8.01. The molecule has 1 aromatic rings. The van der Waals surface area contributed by atoms with E-state index in [1.54, 1.807) is 10.4 Å². The van der Waals surface area contributed by atoms with E-state index in [0.29, 0.717) is 12.5 Å². The first kappa shape index (κ1) is 16.5. The number of aryl methyl sites for hydroxylation is 2. The van der Waals surface area contributed by atoms with Crippen LogP contribution in [0, 0.1) is 0 Å².